The number of methoxy groups -OCH3 is 1. The quantitative estimate of drug-likeness (QED) is 0.248. The number of aromatic nitrogens is 2. The topological polar surface area (TPSA) is 112 Å². The summed E-state index contributed by atoms with van der Waals surface area (Å²) in [5.41, 5.74) is 2.66. The lowest BCUT2D eigenvalue weighted by Gasteiger charge is -2.35. The molecule has 1 fully saturated rings. The van der Waals surface area contributed by atoms with Crippen LogP contribution in [0.25, 0.3) is 0 Å². The molecule has 0 saturated carbocycles. The number of carbonyl (C=O) groups is 1. The van der Waals surface area contributed by atoms with E-state index >= 15 is 0 Å². The number of rotatable bonds is 9. The summed E-state index contributed by atoms with van der Waals surface area (Å²) in [6.45, 7) is 10.4. The van der Waals surface area contributed by atoms with Gasteiger partial charge in [0.15, 0.2) is 5.82 Å². The van der Waals surface area contributed by atoms with Gasteiger partial charge in [0.1, 0.15) is 17.9 Å². The van der Waals surface area contributed by atoms with Gasteiger partial charge >= 0.3 is 0 Å². The second-order valence-corrected chi connectivity index (χ2v) is 13.2. The van der Waals surface area contributed by atoms with Gasteiger partial charge in [-0.1, -0.05) is 30.3 Å². The Morgan fingerprint density at radius 1 is 1.10 bits per heavy atom. The molecular formula is C27H33ClN7O3P. The molecule has 2 heterocycles. The van der Waals surface area contributed by atoms with Gasteiger partial charge in [-0.2, -0.15) is 4.98 Å². The number of amides is 1. The van der Waals surface area contributed by atoms with Crippen molar-refractivity contribution in [2.24, 2.45) is 0 Å². The SMILES string of the molecule is C=CC(=O)Nc1cc(Nc2ncc(Cl)c(Nc3ccccc3P(C)(C)=O)n2)c(OC)cc1N1CCN(C)CC1. The highest BCUT2D eigenvalue weighted by Gasteiger charge is 2.22. The summed E-state index contributed by atoms with van der Waals surface area (Å²) in [5, 5.41) is 10.3. The van der Waals surface area contributed by atoms with E-state index in [1.165, 1.54) is 12.3 Å². The predicted molar refractivity (Wildman–Crippen MR) is 161 cm³/mol. The van der Waals surface area contributed by atoms with E-state index in [0.717, 1.165) is 31.9 Å². The maximum atomic E-state index is 12.8. The Bertz CT molecular complexity index is 1420. The van der Waals surface area contributed by atoms with Gasteiger partial charge in [-0.15, -0.1) is 0 Å². The summed E-state index contributed by atoms with van der Waals surface area (Å²) in [6.07, 6.45) is 2.71. The van der Waals surface area contributed by atoms with E-state index in [4.69, 9.17) is 16.3 Å². The zero-order valence-corrected chi connectivity index (χ0v) is 24.1. The van der Waals surface area contributed by atoms with Gasteiger partial charge in [-0.05, 0) is 44.7 Å². The van der Waals surface area contributed by atoms with E-state index in [1.807, 2.05) is 30.3 Å². The molecule has 2 aromatic carbocycles. The highest BCUT2D eigenvalue weighted by atomic mass is 35.5. The second-order valence-electron chi connectivity index (χ2n) is 9.56. The van der Waals surface area contributed by atoms with Crippen molar-refractivity contribution in [3.05, 3.63) is 60.3 Å². The van der Waals surface area contributed by atoms with Gasteiger partial charge in [0.05, 0.1) is 36.1 Å². The highest BCUT2D eigenvalue weighted by Crippen LogP contribution is 2.40. The molecule has 0 aliphatic carbocycles. The fraction of sp³-hybridized carbons (Fsp3) is 0.296. The van der Waals surface area contributed by atoms with Crippen LogP contribution in [0.5, 0.6) is 5.75 Å². The summed E-state index contributed by atoms with van der Waals surface area (Å²) in [5.74, 6) is 0.834. The van der Waals surface area contributed by atoms with Crippen LogP contribution >= 0.6 is 18.7 Å². The molecule has 10 nitrogen and oxygen atoms in total. The summed E-state index contributed by atoms with van der Waals surface area (Å²) in [7, 11) is 1.11. The molecule has 3 aromatic rings. The van der Waals surface area contributed by atoms with E-state index in [2.05, 4.69) is 49.3 Å². The fourth-order valence-corrected chi connectivity index (χ4v) is 5.53. The lowest BCUT2D eigenvalue weighted by molar-refractivity contribution is -0.111. The molecule has 0 atom stereocenters. The molecule has 0 bridgehead atoms. The Hall–Kier alpha value is -3.59. The largest absolute Gasteiger partial charge is 0.494 e. The summed E-state index contributed by atoms with van der Waals surface area (Å²) in [6, 6.07) is 11.0. The molecule has 206 valence electrons. The maximum Gasteiger partial charge on any atom is 0.247 e. The van der Waals surface area contributed by atoms with Gasteiger partial charge in [0, 0.05) is 37.5 Å². The van der Waals surface area contributed by atoms with Crippen LogP contribution in [0, 0.1) is 0 Å². The molecule has 4 rings (SSSR count). The maximum absolute atomic E-state index is 12.8. The van der Waals surface area contributed by atoms with Crippen molar-refractivity contribution in [3.8, 4) is 5.75 Å². The molecule has 39 heavy (non-hydrogen) atoms. The predicted octanol–water partition coefficient (Wildman–Crippen LogP) is 4.75. The molecule has 0 spiro atoms. The van der Waals surface area contributed by atoms with Crippen molar-refractivity contribution < 1.29 is 14.1 Å². The van der Waals surface area contributed by atoms with Crippen LogP contribution in [-0.4, -0.2) is 74.4 Å². The minimum Gasteiger partial charge on any atom is -0.494 e. The first-order valence-corrected chi connectivity index (χ1v) is 15.4. The number of carbonyl (C=O) groups excluding carboxylic acids is 1. The number of likely N-dealkylation sites (N-methyl/N-ethyl adjacent to an activating group) is 1. The van der Waals surface area contributed by atoms with Crippen LogP contribution < -0.4 is 30.9 Å². The number of hydrogen-bond donors (Lipinski definition) is 3. The molecular weight excluding hydrogens is 537 g/mol. The van der Waals surface area contributed by atoms with Gasteiger partial charge < -0.3 is 35.1 Å². The van der Waals surface area contributed by atoms with Gasteiger partial charge in [0.2, 0.25) is 11.9 Å². The first-order chi connectivity index (χ1) is 18.6. The highest BCUT2D eigenvalue weighted by molar-refractivity contribution is 7.70. The number of piperazine rings is 1. The number of ether oxygens (including phenoxy) is 1. The van der Waals surface area contributed by atoms with Crippen molar-refractivity contribution in [2.75, 3.05) is 74.5 Å². The zero-order chi connectivity index (χ0) is 28.2. The monoisotopic (exact) mass is 569 g/mol. The molecule has 1 saturated heterocycles. The average molecular weight is 570 g/mol. The minimum absolute atomic E-state index is 0.252. The smallest absolute Gasteiger partial charge is 0.247 e. The Labute approximate surface area is 233 Å². The number of nitrogens with one attached hydrogen (secondary N) is 3. The fourth-order valence-electron chi connectivity index (χ4n) is 4.24. The third-order valence-corrected chi connectivity index (χ3v) is 8.16. The van der Waals surface area contributed by atoms with Crippen molar-refractivity contribution in [3.63, 3.8) is 0 Å². The van der Waals surface area contributed by atoms with E-state index in [0.29, 0.717) is 39.0 Å². The van der Waals surface area contributed by atoms with Crippen LogP contribution in [0.15, 0.2) is 55.3 Å². The Kier molecular flexibility index (Phi) is 8.80. The van der Waals surface area contributed by atoms with Crippen LogP contribution in [0.3, 0.4) is 0 Å². The number of para-hydroxylation sites is 1. The van der Waals surface area contributed by atoms with Gasteiger partial charge in [-0.25, -0.2) is 4.98 Å². The summed E-state index contributed by atoms with van der Waals surface area (Å²) < 4.78 is 18.5. The Morgan fingerprint density at radius 2 is 1.82 bits per heavy atom. The van der Waals surface area contributed by atoms with E-state index < -0.39 is 7.14 Å². The van der Waals surface area contributed by atoms with Gasteiger partial charge in [-0.3, -0.25) is 4.79 Å². The van der Waals surface area contributed by atoms with E-state index in [-0.39, 0.29) is 11.9 Å². The van der Waals surface area contributed by atoms with E-state index in [9.17, 15) is 9.36 Å². The molecule has 0 radical (unpaired) electrons. The summed E-state index contributed by atoms with van der Waals surface area (Å²) >= 11 is 6.41. The van der Waals surface area contributed by atoms with Crippen molar-refractivity contribution in [2.45, 2.75) is 0 Å². The Balaban J connectivity index is 1.68. The van der Waals surface area contributed by atoms with Crippen LogP contribution in [0.1, 0.15) is 0 Å². The number of benzene rings is 2. The number of halogens is 1. The number of nitrogens with zero attached hydrogens (tertiary/aromatic N) is 4. The Morgan fingerprint density at radius 3 is 2.49 bits per heavy atom. The zero-order valence-electron chi connectivity index (χ0n) is 22.5. The molecule has 1 aliphatic rings. The third kappa shape index (κ3) is 6.89. The number of anilines is 6. The standard InChI is InChI=1S/C27H33ClN7O3P/c1-6-25(36)30-20-15-21(23(38-3)16-22(20)35-13-11-34(2)12-14-35)32-27-29-17-18(28)26(33-27)31-19-9-7-8-10-24(19)39(4,5)37/h6-10,15-17H,1,11-14H2,2-5H3,(H,30,36)(H2,29,31,32,33). The molecule has 1 amide bonds. The lowest BCUT2D eigenvalue weighted by Crippen LogP contribution is -2.44. The average Bonchev–Trinajstić information content (AvgIpc) is 2.91. The molecule has 0 unspecified atom stereocenters. The van der Waals surface area contributed by atoms with E-state index in [1.54, 1.807) is 26.5 Å². The lowest BCUT2D eigenvalue weighted by atomic mass is 10.1. The second kappa shape index (κ2) is 12.1. The van der Waals surface area contributed by atoms with Gasteiger partial charge in [0.25, 0.3) is 0 Å². The van der Waals surface area contributed by atoms with Crippen LogP contribution in [-0.2, 0) is 9.36 Å². The first-order valence-electron chi connectivity index (χ1n) is 12.4. The van der Waals surface area contributed by atoms with Crippen molar-refractivity contribution in [1.82, 2.24) is 14.9 Å². The third-order valence-electron chi connectivity index (χ3n) is 6.33. The first kappa shape index (κ1) is 28.4. The molecule has 12 heteroatoms. The molecule has 1 aliphatic heterocycles. The van der Waals surface area contributed by atoms with Crippen LogP contribution in [0.2, 0.25) is 5.02 Å². The normalized spacial score (nSPS) is 14.0. The van der Waals surface area contributed by atoms with Crippen LogP contribution in [0.4, 0.5) is 34.5 Å². The molecule has 1 aromatic heterocycles. The van der Waals surface area contributed by atoms with Crippen molar-refractivity contribution >= 4 is 64.5 Å². The molecule has 3 N–H and O–H groups in total. The minimum atomic E-state index is -2.55. The number of hydrogen-bond acceptors (Lipinski definition) is 9. The summed E-state index contributed by atoms with van der Waals surface area (Å²) in [4.78, 5) is 25.6. The van der Waals surface area contributed by atoms with Crippen molar-refractivity contribution in [1.29, 1.82) is 0 Å².